The van der Waals surface area contributed by atoms with Gasteiger partial charge < -0.3 is 5.32 Å². The molecule has 1 heterocycles. The molecule has 0 spiro atoms. The van der Waals surface area contributed by atoms with Crippen LogP contribution in [0.1, 0.15) is 19.4 Å². The molecule has 1 saturated heterocycles. The molecule has 0 atom stereocenters. The van der Waals surface area contributed by atoms with Gasteiger partial charge in [-0.1, -0.05) is 26.0 Å². The summed E-state index contributed by atoms with van der Waals surface area (Å²) in [6.45, 7) is 6.87. The van der Waals surface area contributed by atoms with Crippen LogP contribution in [0.5, 0.6) is 0 Å². The number of sulfonamides is 1. The summed E-state index contributed by atoms with van der Waals surface area (Å²) in [5, 5.41) is 3.16. The summed E-state index contributed by atoms with van der Waals surface area (Å²) in [4.78, 5) is 0.405. The Hall–Kier alpha value is -0.620. The number of nitrogens with zero attached hydrogens (tertiary/aromatic N) is 1. The Bertz CT molecular complexity index is 508. The fourth-order valence-electron chi connectivity index (χ4n) is 2.30. The normalized spacial score (nSPS) is 16.9. The number of nitrogens with one attached hydrogen (secondary N) is 1. The van der Waals surface area contributed by atoms with Gasteiger partial charge in [-0.25, -0.2) is 8.42 Å². The third-order valence-corrected chi connectivity index (χ3v) is 5.19. The first-order chi connectivity index (χ1) is 9.00. The molecule has 1 aromatic rings. The highest BCUT2D eigenvalue weighted by molar-refractivity contribution is 7.89. The van der Waals surface area contributed by atoms with Crippen molar-refractivity contribution in [3.8, 4) is 0 Å². The van der Waals surface area contributed by atoms with Crippen molar-refractivity contribution in [3.05, 3.63) is 29.8 Å². The van der Waals surface area contributed by atoms with Crippen LogP contribution in [0.2, 0.25) is 0 Å². The van der Waals surface area contributed by atoms with Gasteiger partial charge in [0.2, 0.25) is 10.0 Å². The maximum Gasteiger partial charge on any atom is 0.243 e. The Morgan fingerprint density at radius 3 is 2.20 bits per heavy atom. The third kappa shape index (κ3) is 4.19. The van der Waals surface area contributed by atoms with Crippen LogP contribution < -0.4 is 5.32 Å². The van der Waals surface area contributed by atoms with E-state index in [9.17, 15) is 8.42 Å². The van der Waals surface area contributed by atoms with E-state index in [0.29, 0.717) is 23.9 Å². The topological polar surface area (TPSA) is 49.4 Å². The van der Waals surface area contributed by atoms with Crippen molar-refractivity contribution >= 4 is 22.4 Å². The van der Waals surface area contributed by atoms with Crippen molar-refractivity contribution in [2.24, 2.45) is 5.92 Å². The van der Waals surface area contributed by atoms with E-state index in [1.54, 1.807) is 16.4 Å². The van der Waals surface area contributed by atoms with E-state index in [1.807, 2.05) is 12.1 Å². The van der Waals surface area contributed by atoms with Gasteiger partial charge in [0.1, 0.15) is 0 Å². The quantitative estimate of drug-likeness (QED) is 0.922. The Labute approximate surface area is 128 Å². The maximum absolute atomic E-state index is 12.4. The fourth-order valence-corrected chi connectivity index (χ4v) is 3.74. The summed E-state index contributed by atoms with van der Waals surface area (Å²) < 4.78 is 26.4. The van der Waals surface area contributed by atoms with Gasteiger partial charge in [0.25, 0.3) is 0 Å². The lowest BCUT2D eigenvalue weighted by Gasteiger charge is -2.26. The first kappa shape index (κ1) is 17.4. The van der Waals surface area contributed by atoms with E-state index >= 15 is 0 Å². The summed E-state index contributed by atoms with van der Waals surface area (Å²) in [6, 6.07) is 7.31. The largest absolute Gasteiger partial charge is 0.314 e. The Kier molecular flexibility index (Phi) is 6.45. The molecule has 0 saturated carbocycles. The monoisotopic (exact) mass is 318 g/mol. The zero-order chi connectivity index (χ0) is 13.9. The number of halogens is 1. The summed E-state index contributed by atoms with van der Waals surface area (Å²) in [5.74, 6) is 0.579. The van der Waals surface area contributed by atoms with Gasteiger partial charge in [-0.15, -0.1) is 12.4 Å². The van der Waals surface area contributed by atoms with Crippen LogP contribution in [-0.4, -0.2) is 38.9 Å². The fraction of sp³-hybridized carbons (Fsp3) is 0.571. The second-order valence-electron chi connectivity index (χ2n) is 5.40. The highest BCUT2D eigenvalue weighted by atomic mass is 35.5. The van der Waals surface area contributed by atoms with Crippen molar-refractivity contribution in [2.45, 2.75) is 25.2 Å². The lowest BCUT2D eigenvalue weighted by atomic mass is 10.0. The van der Waals surface area contributed by atoms with Gasteiger partial charge >= 0.3 is 0 Å². The van der Waals surface area contributed by atoms with Crippen LogP contribution in [0.3, 0.4) is 0 Å². The Balaban J connectivity index is 0.00000200. The molecular formula is C14H23ClN2O2S. The number of hydrogen-bond donors (Lipinski definition) is 1. The van der Waals surface area contributed by atoms with Gasteiger partial charge in [0, 0.05) is 26.2 Å². The molecule has 1 aliphatic heterocycles. The van der Waals surface area contributed by atoms with Gasteiger partial charge in [0.15, 0.2) is 0 Å². The average molecular weight is 319 g/mol. The molecule has 0 aromatic heterocycles. The van der Waals surface area contributed by atoms with E-state index in [-0.39, 0.29) is 12.4 Å². The number of piperazine rings is 1. The molecule has 0 amide bonds. The lowest BCUT2D eigenvalue weighted by Crippen LogP contribution is -2.46. The molecule has 1 fully saturated rings. The van der Waals surface area contributed by atoms with Gasteiger partial charge in [-0.3, -0.25) is 0 Å². The van der Waals surface area contributed by atoms with Gasteiger partial charge in [-0.05, 0) is 30.0 Å². The standard InChI is InChI=1S/C14H22N2O2S.ClH/c1-12(2)11-13-3-5-14(6-4-13)19(17,18)16-9-7-15-8-10-16;/h3-6,12,15H,7-11H2,1-2H3;1H. The van der Waals surface area contributed by atoms with Crippen molar-refractivity contribution in [1.29, 1.82) is 0 Å². The van der Waals surface area contributed by atoms with Crippen molar-refractivity contribution < 1.29 is 8.42 Å². The van der Waals surface area contributed by atoms with Crippen molar-refractivity contribution in [2.75, 3.05) is 26.2 Å². The van der Waals surface area contributed by atoms with Crippen molar-refractivity contribution in [1.82, 2.24) is 9.62 Å². The number of rotatable bonds is 4. The summed E-state index contributed by atoms with van der Waals surface area (Å²) >= 11 is 0. The maximum atomic E-state index is 12.4. The molecule has 6 heteroatoms. The first-order valence-electron chi connectivity index (χ1n) is 6.80. The van der Waals surface area contributed by atoms with Crippen LogP contribution in [0.4, 0.5) is 0 Å². The third-order valence-electron chi connectivity index (χ3n) is 3.28. The minimum absolute atomic E-state index is 0. The molecule has 2 rings (SSSR count). The van der Waals surface area contributed by atoms with Gasteiger partial charge in [-0.2, -0.15) is 4.31 Å². The van der Waals surface area contributed by atoms with E-state index in [4.69, 9.17) is 0 Å². The second kappa shape index (κ2) is 7.41. The smallest absolute Gasteiger partial charge is 0.243 e. The lowest BCUT2D eigenvalue weighted by molar-refractivity contribution is 0.360. The summed E-state index contributed by atoms with van der Waals surface area (Å²) in [7, 11) is -3.31. The van der Waals surface area contributed by atoms with Gasteiger partial charge in [0.05, 0.1) is 4.90 Å². The Morgan fingerprint density at radius 2 is 1.70 bits per heavy atom. The van der Waals surface area contributed by atoms with Crippen molar-refractivity contribution in [3.63, 3.8) is 0 Å². The molecule has 4 nitrogen and oxygen atoms in total. The number of benzene rings is 1. The molecule has 114 valence electrons. The molecule has 20 heavy (non-hydrogen) atoms. The predicted octanol–water partition coefficient (Wildman–Crippen LogP) is 1.90. The van der Waals surface area contributed by atoms with Crippen LogP contribution in [-0.2, 0) is 16.4 Å². The van der Waals surface area contributed by atoms with Crippen LogP contribution in [0.15, 0.2) is 29.2 Å². The van der Waals surface area contributed by atoms with Crippen LogP contribution >= 0.6 is 12.4 Å². The highest BCUT2D eigenvalue weighted by Crippen LogP contribution is 2.18. The predicted molar refractivity (Wildman–Crippen MR) is 83.9 cm³/mol. The minimum atomic E-state index is -3.31. The van der Waals surface area contributed by atoms with E-state index < -0.39 is 10.0 Å². The zero-order valence-corrected chi connectivity index (χ0v) is 13.6. The van der Waals surface area contributed by atoms with E-state index in [0.717, 1.165) is 19.5 Å². The summed E-state index contributed by atoms with van der Waals surface area (Å²) in [6.07, 6.45) is 0.980. The number of hydrogen-bond acceptors (Lipinski definition) is 3. The summed E-state index contributed by atoms with van der Waals surface area (Å²) in [5.41, 5.74) is 1.19. The minimum Gasteiger partial charge on any atom is -0.314 e. The first-order valence-corrected chi connectivity index (χ1v) is 8.24. The molecule has 1 aromatic carbocycles. The van der Waals surface area contributed by atoms with Crippen LogP contribution in [0, 0.1) is 5.92 Å². The SMILES string of the molecule is CC(C)Cc1ccc(S(=O)(=O)N2CCNCC2)cc1.Cl. The molecule has 1 aliphatic rings. The molecule has 0 bridgehead atoms. The molecular weight excluding hydrogens is 296 g/mol. The zero-order valence-electron chi connectivity index (χ0n) is 12.0. The van der Waals surface area contributed by atoms with E-state index in [1.165, 1.54) is 5.56 Å². The average Bonchev–Trinajstić information content (AvgIpc) is 2.40. The molecule has 0 radical (unpaired) electrons. The Morgan fingerprint density at radius 1 is 1.15 bits per heavy atom. The second-order valence-corrected chi connectivity index (χ2v) is 7.33. The molecule has 0 aliphatic carbocycles. The molecule has 0 unspecified atom stereocenters. The highest BCUT2D eigenvalue weighted by Gasteiger charge is 2.25. The van der Waals surface area contributed by atoms with E-state index in [2.05, 4.69) is 19.2 Å². The van der Waals surface area contributed by atoms with Crippen LogP contribution in [0.25, 0.3) is 0 Å². The molecule has 1 N–H and O–H groups in total.